The maximum Gasteiger partial charge on any atom is 0.337 e. The van der Waals surface area contributed by atoms with Gasteiger partial charge in [-0.05, 0) is 41.7 Å². The fourth-order valence-corrected chi connectivity index (χ4v) is 4.12. The summed E-state index contributed by atoms with van der Waals surface area (Å²) >= 11 is 0. The van der Waals surface area contributed by atoms with Gasteiger partial charge in [0, 0.05) is 18.0 Å². The van der Waals surface area contributed by atoms with Crippen LogP contribution in [0.1, 0.15) is 66.1 Å². The molecule has 1 unspecified atom stereocenters. The van der Waals surface area contributed by atoms with Crippen molar-refractivity contribution in [2.24, 2.45) is 0 Å². The predicted molar refractivity (Wildman–Crippen MR) is 130 cm³/mol. The molecule has 0 aromatic heterocycles. The zero-order chi connectivity index (χ0) is 24.8. The lowest BCUT2D eigenvalue weighted by Crippen LogP contribution is -2.38. The average Bonchev–Trinajstić information content (AvgIpc) is 2.84. The van der Waals surface area contributed by atoms with Crippen molar-refractivity contribution in [3.8, 4) is 0 Å². The lowest BCUT2D eigenvalue weighted by molar-refractivity contribution is -0.139. The van der Waals surface area contributed by atoms with E-state index in [1.54, 1.807) is 36.1 Å². The van der Waals surface area contributed by atoms with Gasteiger partial charge in [-0.1, -0.05) is 62.9 Å². The number of amides is 1. The van der Waals surface area contributed by atoms with Crippen molar-refractivity contribution in [2.75, 3.05) is 13.7 Å². The second kappa shape index (κ2) is 11.0. The van der Waals surface area contributed by atoms with Gasteiger partial charge in [-0.25, -0.2) is 9.59 Å². The summed E-state index contributed by atoms with van der Waals surface area (Å²) in [6.07, 6.45) is 1.69. The molecule has 0 N–H and O–H groups in total. The highest BCUT2D eigenvalue weighted by Gasteiger charge is 2.37. The molecule has 0 saturated heterocycles. The van der Waals surface area contributed by atoms with Gasteiger partial charge in [0.1, 0.15) is 6.61 Å². The minimum absolute atomic E-state index is 0.0762. The first-order valence-electron chi connectivity index (χ1n) is 11.3. The number of carbonyl (C=O) groups is 3. The Morgan fingerprint density at radius 2 is 1.74 bits per heavy atom. The molecule has 6 nitrogen and oxygen atoms in total. The molecule has 0 saturated carbocycles. The van der Waals surface area contributed by atoms with E-state index in [9.17, 15) is 14.4 Å². The lowest BCUT2D eigenvalue weighted by Gasteiger charge is -2.34. The van der Waals surface area contributed by atoms with Crippen molar-refractivity contribution in [1.29, 1.82) is 0 Å². The van der Waals surface area contributed by atoms with Crippen LogP contribution in [0.2, 0.25) is 0 Å². The summed E-state index contributed by atoms with van der Waals surface area (Å²) in [4.78, 5) is 39.6. The third-order valence-corrected chi connectivity index (χ3v) is 6.10. The van der Waals surface area contributed by atoms with Gasteiger partial charge < -0.3 is 14.4 Å². The Bertz CT molecular complexity index is 1100. The smallest absolute Gasteiger partial charge is 0.337 e. The Kier molecular flexibility index (Phi) is 8.05. The average molecular weight is 462 g/mol. The predicted octanol–water partition coefficient (Wildman–Crippen LogP) is 5.12. The van der Waals surface area contributed by atoms with Crippen LogP contribution in [0.5, 0.6) is 0 Å². The van der Waals surface area contributed by atoms with Gasteiger partial charge in [0.05, 0.1) is 24.8 Å². The topological polar surface area (TPSA) is 72.9 Å². The molecule has 3 rings (SSSR count). The molecule has 2 aromatic rings. The number of esters is 2. The number of hydrogen-bond acceptors (Lipinski definition) is 5. The monoisotopic (exact) mass is 461 g/mol. The van der Waals surface area contributed by atoms with E-state index in [1.165, 1.54) is 18.7 Å². The molecule has 0 fully saturated rings. The van der Waals surface area contributed by atoms with E-state index in [0.717, 1.165) is 11.1 Å². The Morgan fingerprint density at radius 3 is 2.29 bits per heavy atom. The normalized spacial score (nSPS) is 16.0. The molecule has 178 valence electrons. The molecular weight excluding hydrogens is 430 g/mol. The van der Waals surface area contributed by atoms with Crippen LogP contribution in [0.3, 0.4) is 0 Å². The Hall–Kier alpha value is -3.67. The van der Waals surface area contributed by atoms with Gasteiger partial charge >= 0.3 is 11.9 Å². The molecule has 1 atom stereocenters. The highest BCUT2D eigenvalue weighted by atomic mass is 16.5. The molecule has 0 spiro atoms. The second-order valence-electron chi connectivity index (χ2n) is 8.63. The van der Waals surface area contributed by atoms with Crippen molar-refractivity contribution >= 4 is 17.8 Å². The van der Waals surface area contributed by atoms with E-state index >= 15 is 0 Å². The van der Waals surface area contributed by atoms with Crippen LogP contribution in [-0.4, -0.2) is 36.5 Å². The third-order valence-electron chi connectivity index (χ3n) is 6.10. The van der Waals surface area contributed by atoms with Crippen LogP contribution >= 0.6 is 0 Å². The first-order chi connectivity index (χ1) is 16.3. The Morgan fingerprint density at radius 1 is 1.09 bits per heavy atom. The Labute approximate surface area is 200 Å². The van der Waals surface area contributed by atoms with Gasteiger partial charge in [-0.15, -0.1) is 0 Å². The van der Waals surface area contributed by atoms with Crippen LogP contribution in [0.4, 0.5) is 0 Å². The standard InChI is InChI=1S/C28H31NO5/c1-6-15-34-28(32)26-19(4)29(17-20-7-9-23(10-8-20)27(31)33-5)25(30)16-24(26)22-13-11-21(12-14-22)18(2)3/h6-14,18,24H,1,15-17H2,2-5H3. The van der Waals surface area contributed by atoms with Crippen LogP contribution in [-0.2, 0) is 25.6 Å². The lowest BCUT2D eigenvalue weighted by atomic mass is 9.83. The third kappa shape index (κ3) is 5.45. The maximum atomic E-state index is 13.2. The summed E-state index contributed by atoms with van der Waals surface area (Å²) in [5, 5.41) is 0. The first-order valence-corrected chi connectivity index (χ1v) is 11.3. The van der Waals surface area contributed by atoms with E-state index in [0.29, 0.717) is 22.8 Å². The van der Waals surface area contributed by atoms with Crippen LogP contribution in [0, 0.1) is 0 Å². The summed E-state index contributed by atoms with van der Waals surface area (Å²) in [6.45, 7) is 10.0. The highest BCUT2D eigenvalue weighted by molar-refractivity contribution is 5.96. The molecule has 1 aliphatic heterocycles. The molecule has 1 aliphatic rings. The molecule has 0 bridgehead atoms. The second-order valence-corrected chi connectivity index (χ2v) is 8.63. The van der Waals surface area contributed by atoms with E-state index in [4.69, 9.17) is 9.47 Å². The number of hydrogen-bond donors (Lipinski definition) is 0. The molecule has 2 aromatic carbocycles. The zero-order valence-corrected chi connectivity index (χ0v) is 20.2. The minimum atomic E-state index is -0.450. The first kappa shape index (κ1) is 25.0. The molecule has 6 heteroatoms. The van der Waals surface area contributed by atoms with Gasteiger partial charge in [-0.3, -0.25) is 4.79 Å². The van der Waals surface area contributed by atoms with E-state index in [2.05, 4.69) is 20.4 Å². The van der Waals surface area contributed by atoms with Crippen molar-refractivity contribution < 1.29 is 23.9 Å². The Balaban J connectivity index is 1.96. The number of carbonyl (C=O) groups excluding carboxylic acids is 3. The molecule has 1 amide bonds. The van der Waals surface area contributed by atoms with Gasteiger partial charge in [0.15, 0.2) is 0 Å². The quantitative estimate of drug-likeness (QED) is 0.403. The molecule has 34 heavy (non-hydrogen) atoms. The largest absolute Gasteiger partial charge is 0.465 e. The molecule has 0 aliphatic carbocycles. The highest BCUT2D eigenvalue weighted by Crippen LogP contribution is 2.38. The summed E-state index contributed by atoms with van der Waals surface area (Å²) in [5.74, 6) is -0.946. The van der Waals surface area contributed by atoms with E-state index < -0.39 is 11.9 Å². The van der Waals surface area contributed by atoms with Gasteiger partial charge in [-0.2, -0.15) is 0 Å². The van der Waals surface area contributed by atoms with Gasteiger partial charge in [0.25, 0.3) is 0 Å². The van der Waals surface area contributed by atoms with Crippen LogP contribution in [0.25, 0.3) is 0 Å². The maximum absolute atomic E-state index is 13.2. The SMILES string of the molecule is C=CCOC(=O)C1=C(C)N(Cc2ccc(C(=O)OC)cc2)C(=O)CC1c1ccc(C(C)C)cc1. The van der Waals surface area contributed by atoms with Crippen molar-refractivity contribution in [2.45, 2.75) is 45.6 Å². The van der Waals surface area contributed by atoms with Crippen LogP contribution < -0.4 is 0 Å². The zero-order valence-electron chi connectivity index (χ0n) is 20.2. The number of methoxy groups -OCH3 is 1. The molecular formula is C28H31NO5. The van der Waals surface area contributed by atoms with E-state index in [1.807, 2.05) is 24.3 Å². The molecule has 0 radical (unpaired) electrons. The molecule has 1 heterocycles. The van der Waals surface area contributed by atoms with Crippen molar-refractivity contribution in [1.82, 2.24) is 4.90 Å². The number of ether oxygens (including phenoxy) is 2. The number of nitrogens with zero attached hydrogens (tertiary/aromatic N) is 1. The van der Waals surface area contributed by atoms with Crippen molar-refractivity contribution in [3.05, 3.63) is 94.7 Å². The fraction of sp³-hybridized carbons (Fsp3) is 0.321. The number of rotatable bonds is 8. The van der Waals surface area contributed by atoms with Crippen molar-refractivity contribution in [3.63, 3.8) is 0 Å². The number of allylic oxidation sites excluding steroid dienone is 1. The minimum Gasteiger partial charge on any atom is -0.465 e. The van der Waals surface area contributed by atoms with Crippen LogP contribution in [0.15, 0.2) is 72.5 Å². The summed E-state index contributed by atoms with van der Waals surface area (Å²) in [6, 6.07) is 14.9. The number of benzene rings is 2. The fourth-order valence-electron chi connectivity index (χ4n) is 4.12. The van der Waals surface area contributed by atoms with Gasteiger partial charge in [0.2, 0.25) is 5.91 Å². The summed E-state index contributed by atoms with van der Waals surface area (Å²) in [7, 11) is 1.33. The van der Waals surface area contributed by atoms with E-state index in [-0.39, 0.29) is 31.4 Å². The summed E-state index contributed by atoms with van der Waals surface area (Å²) < 4.78 is 10.1. The summed E-state index contributed by atoms with van der Waals surface area (Å²) in [5.41, 5.74) is 4.41.